The monoisotopic (exact) mass is 266 g/mol. The number of aromatic nitrogens is 1. The Labute approximate surface area is 114 Å². The van der Waals surface area contributed by atoms with Gasteiger partial charge in [0.1, 0.15) is 11.4 Å². The third kappa shape index (κ3) is 1.68. The smallest absolute Gasteiger partial charge is 0.253 e. The first-order valence-corrected chi connectivity index (χ1v) is 5.94. The number of fused-ring (bicyclic) bond motifs is 1. The minimum absolute atomic E-state index is 0.0495. The number of benzene rings is 1. The molecule has 0 saturated carbocycles. The summed E-state index contributed by atoms with van der Waals surface area (Å²) in [5.74, 6) is -2.09. The second-order valence-electron chi connectivity index (χ2n) is 4.38. The number of hydrogen-bond donors (Lipinski definition) is 2. The van der Waals surface area contributed by atoms with Crippen LogP contribution in [0.2, 0.25) is 0 Å². The van der Waals surface area contributed by atoms with Gasteiger partial charge in [0, 0.05) is 5.56 Å². The van der Waals surface area contributed by atoms with E-state index >= 15 is 0 Å². The Morgan fingerprint density at radius 2 is 1.65 bits per heavy atom. The average Bonchev–Trinajstić information content (AvgIpc) is 2.51. The van der Waals surface area contributed by atoms with Crippen LogP contribution in [0.3, 0.4) is 0 Å². The Bertz CT molecular complexity index is 764. The number of carbonyl (C=O) groups is 2. The zero-order valence-corrected chi connectivity index (χ0v) is 10.3. The molecule has 1 aliphatic rings. The highest BCUT2D eigenvalue weighted by molar-refractivity contribution is 6.51. The normalized spacial score (nSPS) is 14.4. The number of ketones is 2. The van der Waals surface area contributed by atoms with Gasteiger partial charge in [0.15, 0.2) is 5.76 Å². The lowest BCUT2D eigenvalue weighted by molar-refractivity contribution is -0.112. The topological polar surface area (TPSA) is 93.3 Å². The first-order chi connectivity index (χ1) is 9.59. The van der Waals surface area contributed by atoms with Gasteiger partial charge in [-0.3, -0.25) is 9.59 Å². The second kappa shape index (κ2) is 4.31. The lowest BCUT2D eigenvalue weighted by atomic mass is 9.95. The summed E-state index contributed by atoms with van der Waals surface area (Å²) in [4.78, 5) is 27.6. The van der Waals surface area contributed by atoms with Crippen LogP contribution < -0.4 is 5.73 Å². The van der Waals surface area contributed by atoms with Crippen LogP contribution in [-0.2, 0) is 4.79 Å². The second-order valence-corrected chi connectivity index (χ2v) is 4.38. The third-order valence-electron chi connectivity index (χ3n) is 3.14. The Morgan fingerprint density at radius 1 is 0.950 bits per heavy atom. The van der Waals surface area contributed by atoms with Crippen molar-refractivity contribution in [2.45, 2.75) is 0 Å². The Hall–Kier alpha value is -2.95. The van der Waals surface area contributed by atoms with Gasteiger partial charge in [0.25, 0.3) is 5.78 Å². The molecule has 0 bridgehead atoms. The van der Waals surface area contributed by atoms with E-state index in [-0.39, 0.29) is 11.3 Å². The van der Waals surface area contributed by atoms with Crippen molar-refractivity contribution in [3.8, 4) is 11.3 Å². The van der Waals surface area contributed by atoms with Gasteiger partial charge in [-0.2, -0.15) is 0 Å². The lowest BCUT2D eigenvalue weighted by Crippen LogP contribution is -2.28. The van der Waals surface area contributed by atoms with Crippen LogP contribution in [0, 0.1) is 0 Å². The van der Waals surface area contributed by atoms with Gasteiger partial charge >= 0.3 is 0 Å². The van der Waals surface area contributed by atoms with Crippen LogP contribution in [0.5, 0.6) is 0 Å². The minimum Gasteiger partial charge on any atom is -0.504 e. The van der Waals surface area contributed by atoms with Gasteiger partial charge in [-0.15, -0.1) is 0 Å². The highest BCUT2D eigenvalue weighted by Crippen LogP contribution is 2.27. The molecule has 0 radical (unpaired) electrons. The molecule has 5 nitrogen and oxygen atoms in total. The van der Waals surface area contributed by atoms with Crippen molar-refractivity contribution in [2.75, 3.05) is 0 Å². The summed E-state index contributed by atoms with van der Waals surface area (Å²) in [6, 6.07) is 12.4. The molecule has 0 unspecified atom stereocenters. The predicted molar refractivity (Wildman–Crippen MR) is 72.7 cm³/mol. The van der Waals surface area contributed by atoms with Crippen LogP contribution in [0.4, 0.5) is 0 Å². The SMILES string of the molecule is NC1=C(O)c2nc(-c3ccccc3)ccc2C(=O)C1=O. The molecule has 0 amide bonds. The highest BCUT2D eigenvalue weighted by Gasteiger charge is 2.32. The molecule has 5 heteroatoms. The minimum atomic E-state index is -0.899. The maximum atomic E-state index is 11.8. The van der Waals surface area contributed by atoms with E-state index in [1.807, 2.05) is 30.3 Å². The maximum Gasteiger partial charge on any atom is 0.253 e. The molecule has 1 aromatic carbocycles. The largest absolute Gasteiger partial charge is 0.504 e. The van der Waals surface area contributed by atoms with Crippen LogP contribution in [-0.4, -0.2) is 21.7 Å². The Kier molecular flexibility index (Phi) is 2.61. The van der Waals surface area contributed by atoms with E-state index in [4.69, 9.17) is 5.73 Å². The van der Waals surface area contributed by atoms with E-state index in [1.165, 1.54) is 6.07 Å². The number of Topliss-reactive ketones (excluding diaryl/α,β-unsaturated/α-hetero) is 2. The summed E-state index contributed by atoms with van der Waals surface area (Å²) in [5, 5.41) is 9.91. The molecule has 1 aromatic heterocycles. The molecule has 3 N–H and O–H groups in total. The Morgan fingerprint density at radius 3 is 2.35 bits per heavy atom. The van der Waals surface area contributed by atoms with Crippen molar-refractivity contribution in [1.29, 1.82) is 0 Å². The highest BCUT2D eigenvalue weighted by atomic mass is 16.3. The van der Waals surface area contributed by atoms with E-state index in [0.717, 1.165) is 5.56 Å². The summed E-state index contributed by atoms with van der Waals surface area (Å²) in [6.07, 6.45) is 0. The van der Waals surface area contributed by atoms with Crippen molar-refractivity contribution in [3.63, 3.8) is 0 Å². The summed E-state index contributed by atoms with van der Waals surface area (Å²) in [7, 11) is 0. The molecule has 98 valence electrons. The molecular weight excluding hydrogens is 256 g/mol. The number of rotatable bonds is 1. The van der Waals surface area contributed by atoms with Crippen LogP contribution in [0.1, 0.15) is 16.1 Å². The summed E-state index contributed by atoms with van der Waals surface area (Å²) in [6.45, 7) is 0. The summed E-state index contributed by atoms with van der Waals surface area (Å²) in [5.41, 5.74) is 6.52. The lowest BCUT2D eigenvalue weighted by Gasteiger charge is -2.15. The quantitative estimate of drug-likeness (QED) is 0.766. The molecule has 3 rings (SSSR count). The molecular formula is C15H10N2O3. The maximum absolute atomic E-state index is 11.8. The number of aliphatic hydroxyl groups excluding tert-OH is 1. The number of hydrogen-bond acceptors (Lipinski definition) is 5. The predicted octanol–water partition coefficient (Wildman–Crippen LogP) is 1.70. The van der Waals surface area contributed by atoms with Gasteiger partial charge in [-0.1, -0.05) is 30.3 Å². The van der Waals surface area contributed by atoms with Gasteiger partial charge in [0.05, 0.1) is 11.3 Å². The molecule has 0 spiro atoms. The van der Waals surface area contributed by atoms with Crippen LogP contribution in [0.15, 0.2) is 48.2 Å². The number of pyridine rings is 1. The molecule has 1 heterocycles. The standard InChI is InChI=1S/C15H10N2O3/c16-11-14(19)12-9(13(18)15(11)20)6-7-10(17-12)8-4-2-1-3-5-8/h1-7,19H,16H2. The van der Waals surface area contributed by atoms with Crippen molar-refractivity contribution < 1.29 is 14.7 Å². The molecule has 0 fully saturated rings. The number of nitrogens with zero attached hydrogens (tertiary/aromatic N) is 1. The zero-order chi connectivity index (χ0) is 14.3. The average molecular weight is 266 g/mol. The number of aliphatic hydroxyl groups is 1. The molecule has 20 heavy (non-hydrogen) atoms. The van der Waals surface area contributed by atoms with Gasteiger partial charge in [0.2, 0.25) is 5.78 Å². The van der Waals surface area contributed by atoms with Crippen molar-refractivity contribution in [2.24, 2.45) is 5.73 Å². The van der Waals surface area contributed by atoms with Crippen LogP contribution >= 0.6 is 0 Å². The molecule has 2 aromatic rings. The summed E-state index contributed by atoms with van der Waals surface area (Å²) >= 11 is 0. The first-order valence-electron chi connectivity index (χ1n) is 5.94. The molecule has 0 aliphatic heterocycles. The van der Waals surface area contributed by atoms with Crippen molar-refractivity contribution in [1.82, 2.24) is 4.98 Å². The Balaban J connectivity index is 2.21. The fourth-order valence-electron chi connectivity index (χ4n) is 2.07. The van der Waals surface area contributed by atoms with Crippen LogP contribution in [0.25, 0.3) is 17.0 Å². The molecule has 0 saturated heterocycles. The molecule has 0 atom stereocenters. The molecule has 1 aliphatic carbocycles. The zero-order valence-electron chi connectivity index (χ0n) is 10.3. The van der Waals surface area contributed by atoms with Gasteiger partial charge in [-0.25, -0.2) is 4.98 Å². The summed E-state index contributed by atoms with van der Waals surface area (Å²) < 4.78 is 0. The third-order valence-corrected chi connectivity index (χ3v) is 3.14. The number of allylic oxidation sites excluding steroid dienone is 1. The van der Waals surface area contributed by atoms with E-state index in [1.54, 1.807) is 6.07 Å². The van der Waals surface area contributed by atoms with E-state index in [2.05, 4.69) is 4.98 Å². The van der Waals surface area contributed by atoms with Gasteiger partial charge in [-0.05, 0) is 12.1 Å². The van der Waals surface area contributed by atoms with Gasteiger partial charge < -0.3 is 10.8 Å². The van der Waals surface area contributed by atoms with E-state index in [0.29, 0.717) is 5.69 Å². The first kappa shape index (κ1) is 12.1. The van der Waals surface area contributed by atoms with Crippen molar-refractivity contribution >= 4 is 17.3 Å². The fraction of sp³-hybridized carbons (Fsp3) is 0. The van der Waals surface area contributed by atoms with Crippen molar-refractivity contribution in [3.05, 3.63) is 59.4 Å². The number of carbonyl (C=O) groups excluding carboxylic acids is 2. The fourth-order valence-corrected chi connectivity index (χ4v) is 2.07. The van der Waals surface area contributed by atoms with E-state index in [9.17, 15) is 14.7 Å². The van der Waals surface area contributed by atoms with E-state index < -0.39 is 23.0 Å². The number of nitrogens with two attached hydrogens (primary N) is 1.